The number of amides is 1. The van der Waals surface area contributed by atoms with Crippen molar-refractivity contribution in [3.05, 3.63) is 18.2 Å². The van der Waals surface area contributed by atoms with Crippen LogP contribution in [0.1, 0.15) is 44.9 Å². The molecule has 1 amide bonds. The maximum atomic E-state index is 12.5. The second kappa shape index (κ2) is 8.61. The van der Waals surface area contributed by atoms with Crippen LogP contribution in [0.5, 0.6) is 5.75 Å². The third-order valence-electron chi connectivity index (χ3n) is 6.51. The Morgan fingerprint density at radius 3 is 2.97 bits per heavy atom. The highest BCUT2D eigenvalue weighted by atomic mass is 16.5. The predicted molar refractivity (Wildman–Crippen MR) is 111 cm³/mol. The van der Waals surface area contributed by atoms with E-state index in [4.69, 9.17) is 9.15 Å². The molecule has 1 aromatic heterocycles. The van der Waals surface area contributed by atoms with Crippen molar-refractivity contribution < 1.29 is 19.1 Å². The summed E-state index contributed by atoms with van der Waals surface area (Å²) in [7, 11) is 1.64. The first-order valence-electron chi connectivity index (χ1n) is 10.7. The van der Waals surface area contributed by atoms with Crippen LogP contribution in [0.25, 0.3) is 11.1 Å². The Bertz CT molecular complexity index is 844. The molecule has 0 radical (unpaired) electrons. The van der Waals surface area contributed by atoms with Crippen LogP contribution in [0.4, 0.5) is 6.01 Å². The van der Waals surface area contributed by atoms with Crippen LogP contribution in [0.3, 0.4) is 0 Å². The maximum absolute atomic E-state index is 12.5. The molecule has 2 aromatic rings. The van der Waals surface area contributed by atoms with Crippen LogP contribution in [-0.4, -0.2) is 49.3 Å². The second-order valence-electron chi connectivity index (χ2n) is 8.63. The monoisotopic (exact) mass is 401 g/mol. The molecule has 29 heavy (non-hydrogen) atoms. The molecule has 1 atom stereocenters. The number of nitrogens with one attached hydrogen (secondary N) is 1. The number of anilines is 1. The Hall–Kier alpha value is -2.28. The van der Waals surface area contributed by atoms with Crippen LogP contribution in [0.15, 0.2) is 22.6 Å². The normalized spacial score (nSPS) is 21.4. The molecule has 0 spiro atoms. The van der Waals surface area contributed by atoms with Gasteiger partial charge >= 0.3 is 0 Å². The molecular formula is C22H31N3O4. The van der Waals surface area contributed by atoms with Crippen molar-refractivity contribution in [2.75, 3.05) is 38.3 Å². The van der Waals surface area contributed by atoms with Crippen LogP contribution in [-0.2, 0) is 4.79 Å². The highest BCUT2D eigenvalue weighted by Crippen LogP contribution is 2.37. The van der Waals surface area contributed by atoms with Gasteiger partial charge in [-0.2, -0.15) is 4.98 Å². The first kappa shape index (κ1) is 20.0. The summed E-state index contributed by atoms with van der Waals surface area (Å²) in [6.07, 6.45) is 6.84. The number of piperidine rings is 1. The number of aliphatic hydroxyl groups is 1. The Kier molecular flexibility index (Phi) is 5.94. The zero-order chi connectivity index (χ0) is 20.3. The van der Waals surface area contributed by atoms with Gasteiger partial charge in [0.2, 0.25) is 5.91 Å². The SMILES string of the molecule is COc1ccc2oc(N3CCCC(CC(=O)NCC4(CO)CCCC4)C3)nc2c1. The molecule has 0 bridgehead atoms. The van der Waals surface area contributed by atoms with E-state index in [1.165, 1.54) is 0 Å². The summed E-state index contributed by atoms with van der Waals surface area (Å²) in [6, 6.07) is 6.23. The van der Waals surface area contributed by atoms with Gasteiger partial charge in [0.25, 0.3) is 6.01 Å². The fourth-order valence-electron chi connectivity index (χ4n) is 4.70. The number of methoxy groups -OCH3 is 1. The lowest BCUT2D eigenvalue weighted by Gasteiger charge is -2.32. The molecule has 7 nitrogen and oxygen atoms in total. The van der Waals surface area contributed by atoms with Crippen LogP contribution >= 0.6 is 0 Å². The number of ether oxygens (including phenoxy) is 1. The van der Waals surface area contributed by atoms with Gasteiger partial charge in [-0.1, -0.05) is 12.8 Å². The lowest BCUT2D eigenvalue weighted by Crippen LogP contribution is -2.41. The molecule has 2 heterocycles. The van der Waals surface area contributed by atoms with E-state index in [1.54, 1.807) is 7.11 Å². The molecule has 7 heteroatoms. The van der Waals surface area contributed by atoms with Crippen molar-refractivity contribution in [2.45, 2.75) is 44.9 Å². The quantitative estimate of drug-likeness (QED) is 0.741. The number of rotatable bonds is 7. The third-order valence-corrected chi connectivity index (χ3v) is 6.51. The van der Waals surface area contributed by atoms with E-state index >= 15 is 0 Å². The number of benzene rings is 1. The third kappa shape index (κ3) is 4.50. The zero-order valence-corrected chi connectivity index (χ0v) is 17.2. The number of fused-ring (bicyclic) bond motifs is 1. The number of carbonyl (C=O) groups is 1. The van der Waals surface area contributed by atoms with Crippen LogP contribution in [0.2, 0.25) is 0 Å². The fraction of sp³-hybridized carbons (Fsp3) is 0.636. The Labute approximate surface area is 171 Å². The number of oxazole rings is 1. The van der Waals surface area contributed by atoms with E-state index in [0.29, 0.717) is 19.0 Å². The van der Waals surface area contributed by atoms with Gasteiger partial charge in [-0.15, -0.1) is 0 Å². The highest BCUT2D eigenvalue weighted by molar-refractivity contribution is 5.77. The van der Waals surface area contributed by atoms with Gasteiger partial charge in [0.1, 0.15) is 11.3 Å². The van der Waals surface area contributed by atoms with Crippen molar-refractivity contribution in [1.82, 2.24) is 10.3 Å². The van der Waals surface area contributed by atoms with E-state index in [0.717, 1.165) is 68.5 Å². The Morgan fingerprint density at radius 1 is 1.38 bits per heavy atom. The minimum atomic E-state index is -0.104. The maximum Gasteiger partial charge on any atom is 0.298 e. The van der Waals surface area contributed by atoms with E-state index in [2.05, 4.69) is 15.2 Å². The minimum Gasteiger partial charge on any atom is -0.497 e. The number of carbonyl (C=O) groups excluding carboxylic acids is 1. The number of aromatic nitrogens is 1. The molecule has 1 unspecified atom stereocenters. The van der Waals surface area contributed by atoms with Gasteiger partial charge in [-0.05, 0) is 43.7 Å². The van der Waals surface area contributed by atoms with Crippen molar-refractivity contribution in [3.63, 3.8) is 0 Å². The summed E-state index contributed by atoms with van der Waals surface area (Å²) in [4.78, 5) is 19.3. The average molecular weight is 402 g/mol. The van der Waals surface area contributed by atoms with Gasteiger partial charge < -0.3 is 24.5 Å². The standard InChI is InChI=1S/C22H31N3O4/c1-28-17-6-7-19-18(12-17)24-21(29-19)25-10-4-5-16(13-25)11-20(27)23-14-22(15-26)8-2-3-9-22/h6-7,12,16,26H,2-5,8-11,13-15H2,1H3,(H,23,27). The first-order valence-corrected chi connectivity index (χ1v) is 10.7. The number of hydrogen-bond acceptors (Lipinski definition) is 6. The predicted octanol–water partition coefficient (Wildman–Crippen LogP) is 3.11. The van der Waals surface area contributed by atoms with E-state index < -0.39 is 0 Å². The summed E-state index contributed by atoms with van der Waals surface area (Å²) in [5, 5.41) is 12.8. The zero-order valence-electron chi connectivity index (χ0n) is 17.2. The highest BCUT2D eigenvalue weighted by Gasteiger charge is 2.34. The summed E-state index contributed by atoms with van der Waals surface area (Å²) in [6.45, 7) is 2.40. The van der Waals surface area contributed by atoms with Gasteiger partial charge in [-0.25, -0.2) is 0 Å². The van der Waals surface area contributed by atoms with Gasteiger partial charge in [-0.3, -0.25) is 4.79 Å². The van der Waals surface area contributed by atoms with Crippen molar-refractivity contribution in [2.24, 2.45) is 11.3 Å². The van der Waals surface area contributed by atoms with E-state index in [-0.39, 0.29) is 23.8 Å². The van der Waals surface area contributed by atoms with Gasteiger partial charge in [0, 0.05) is 37.5 Å². The second-order valence-corrected chi connectivity index (χ2v) is 8.63. The van der Waals surface area contributed by atoms with Gasteiger partial charge in [0.05, 0.1) is 13.7 Å². The summed E-state index contributed by atoms with van der Waals surface area (Å²) < 4.78 is 11.2. The molecule has 1 saturated heterocycles. The molecule has 4 rings (SSSR count). The summed E-state index contributed by atoms with van der Waals surface area (Å²) in [5.41, 5.74) is 1.42. The van der Waals surface area contributed by atoms with Crippen LogP contribution in [0, 0.1) is 11.3 Å². The number of aliphatic hydroxyl groups excluding tert-OH is 1. The molecule has 1 aromatic carbocycles. The van der Waals surface area contributed by atoms with Gasteiger partial charge in [0.15, 0.2) is 5.58 Å². The van der Waals surface area contributed by atoms with Crippen molar-refractivity contribution in [3.8, 4) is 5.75 Å². The van der Waals surface area contributed by atoms with Crippen molar-refractivity contribution >= 4 is 23.0 Å². The summed E-state index contributed by atoms with van der Waals surface area (Å²) >= 11 is 0. The van der Waals surface area contributed by atoms with E-state index in [9.17, 15) is 9.90 Å². The average Bonchev–Trinajstić information content (AvgIpc) is 3.39. The molecule has 1 saturated carbocycles. The first-order chi connectivity index (χ1) is 14.1. The molecule has 1 aliphatic heterocycles. The molecule has 2 fully saturated rings. The smallest absolute Gasteiger partial charge is 0.298 e. The Morgan fingerprint density at radius 2 is 2.21 bits per heavy atom. The number of nitrogens with zero attached hydrogens (tertiary/aromatic N) is 2. The van der Waals surface area contributed by atoms with E-state index in [1.807, 2.05) is 18.2 Å². The van der Waals surface area contributed by atoms with Crippen molar-refractivity contribution in [1.29, 1.82) is 0 Å². The molecule has 2 aliphatic rings. The summed E-state index contributed by atoms with van der Waals surface area (Å²) in [5.74, 6) is 1.12. The topological polar surface area (TPSA) is 87.8 Å². The fourth-order valence-corrected chi connectivity index (χ4v) is 4.70. The molecule has 158 valence electrons. The van der Waals surface area contributed by atoms with Crippen LogP contribution < -0.4 is 15.0 Å². The lowest BCUT2D eigenvalue weighted by molar-refractivity contribution is -0.122. The molecule has 2 N–H and O–H groups in total. The minimum absolute atomic E-state index is 0.0823. The number of hydrogen-bond donors (Lipinski definition) is 2. The Balaban J connectivity index is 1.34. The largest absolute Gasteiger partial charge is 0.497 e. The lowest BCUT2D eigenvalue weighted by atomic mass is 9.87. The molecule has 1 aliphatic carbocycles. The molecular weight excluding hydrogens is 370 g/mol.